The number of aryl methyl sites for hydroxylation is 1. The number of ether oxygens (including phenoxy) is 1. The van der Waals surface area contributed by atoms with E-state index in [0.717, 1.165) is 37.5 Å². The highest BCUT2D eigenvalue weighted by atomic mass is 35.5. The summed E-state index contributed by atoms with van der Waals surface area (Å²) in [6.07, 6.45) is 3.52. The maximum Gasteiger partial charge on any atom is 0.289 e. The monoisotopic (exact) mass is 362 g/mol. The van der Waals surface area contributed by atoms with Gasteiger partial charge in [0.05, 0.1) is 7.11 Å². The molecular weight excluding hydrogens is 340 g/mol. The van der Waals surface area contributed by atoms with Crippen LogP contribution in [-0.4, -0.2) is 58.5 Å². The maximum absolute atomic E-state index is 12.6. The minimum Gasteiger partial charge on any atom is -0.496 e. The molecule has 3 rings (SSSR count). The molecule has 1 aromatic heterocycles. The van der Waals surface area contributed by atoms with Crippen molar-refractivity contribution in [1.29, 1.82) is 0 Å². The van der Waals surface area contributed by atoms with Crippen LogP contribution in [0.25, 0.3) is 0 Å². The van der Waals surface area contributed by atoms with E-state index in [1.807, 2.05) is 40.8 Å². The molecule has 1 aliphatic heterocycles. The summed E-state index contributed by atoms with van der Waals surface area (Å²) in [4.78, 5) is 21.0. The molecule has 0 spiro atoms. The molecule has 0 saturated carbocycles. The third-order valence-electron chi connectivity index (χ3n) is 4.54. The molecule has 0 aliphatic carbocycles. The number of halogens is 1. The lowest BCUT2D eigenvalue weighted by atomic mass is 10.1. The Kier molecular flexibility index (Phi) is 5.60. The molecule has 0 radical (unpaired) electrons. The van der Waals surface area contributed by atoms with Gasteiger partial charge in [-0.2, -0.15) is 0 Å². The average molecular weight is 363 g/mol. The second kappa shape index (κ2) is 7.89. The van der Waals surface area contributed by atoms with Gasteiger partial charge >= 0.3 is 0 Å². The van der Waals surface area contributed by atoms with Crippen LogP contribution in [-0.2, 0) is 13.1 Å². The number of carbonyl (C=O) groups is 1. The van der Waals surface area contributed by atoms with E-state index < -0.39 is 0 Å². The number of rotatable bonds is 5. The van der Waals surface area contributed by atoms with Gasteiger partial charge in [0.15, 0.2) is 5.82 Å². The molecular formula is C18H23ClN4O2. The summed E-state index contributed by atoms with van der Waals surface area (Å²) in [5.74, 6) is 1.37. The maximum atomic E-state index is 12.6. The second-order valence-electron chi connectivity index (χ2n) is 6.06. The Labute approximate surface area is 153 Å². The highest BCUT2D eigenvalue weighted by Crippen LogP contribution is 2.24. The molecule has 0 atom stereocenters. The van der Waals surface area contributed by atoms with Crippen molar-refractivity contribution >= 4 is 17.5 Å². The first kappa shape index (κ1) is 17.8. The van der Waals surface area contributed by atoms with Crippen LogP contribution in [0.15, 0.2) is 30.6 Å². The summed E-state index contributed by atoms with van der Waals surface area (Å²) in [7, 11) is 1.67. The smallest absolute Gasteiger partial charge is 0.289 e. The van der Waals surface area contributed by atoms with E-state index in [9.17, 15) is 4.79 Å². The molecule has 2 aromatic rings. The van der Waals surface area contributed by atoms with Crippen LogP contribution >= 0.6 is 11.6 Å². The highest BCUT2D eigenvalue weighted by Gasteiger charge is 2.25. The number of carbonyl (C=O) groups excluding carboxylic acids is 1. The lowest BCUT2D eigenvalue weighted by Crippen LogP contribution is -2.48. The van der Waals surface area contributed by atoms with Crippen molar-refractivity contribution in [2.24, 2.45) is 0 Å². The van der Waals surface area contributed by atoms with Gasteiger partial charge in [-0.3, -0.25) is 9.69 Å². The summed E-state index contributed by atoms with van der Waals surface area (Å²) in [5.41, 5.74) is 1.07. The number of hydrogen-bond donors (Lipinski definition) is 0. The van der Waals surface area contributed by atoms with Crippen LogP contribution in [0.4, 0.5) is 0 Å². The summed E-state index contributed by atoms with van der Waals surface area (Å²) in [6, 6.07) is 5.66. The van der Waals surface area contributed by atoms with E-state index in [4.69, 9.17) is 16.3 Å². The van der Waals surface area contributed by atoms with Crippen molar-refractivity contribution in [2.75, 3.05) is 33.3 Å². The Morgan fingerprint density at radius 1 is 1.28 bits per heavy atom. The quantitative estimate of drug-likeness (QED) is 0.820. The standard InChI is InChI=1S/C18H23ClN4O2/c1-3-22-7-6-20-17(22)18(24)23-10-8-21(9-11-23)13-14-12-15(19)4-5-16(14)25-2/h4-7,12H,3,8-11,13H2,1-2H3. The van der Waals surface area contributed by atoms with E-state index in [-0.39, 0.29) is 5.91 Å². The summed E-state index contributed by atoms with van der Waals surface area (Å²) in [5, 5.41) is 0.705. The lowest BCUT2D eigenvalue weighted by Gasteiger charge is -2.34. The molecule has 0 bridgehead atoms. The van der Waals surface area contributed by atoms with Gasteiger partial charge in [0.1, 0.15) is 5.75 Å². The molecule has 1 amide bonds. The predicted molar refractivity (Wildman–Crippen MR) is 97.1 cm³/mol. The van der Waals surface area contributed by atoms with E-state index in [0.29, 0.717) is 23.9 Å². The molecule has 25 heavy (non-hydrogen) atoms. The number of piperazine rings is 1. The molecule has 6 nitrogen and oxygen atoms in total. The first-order chi connectivity index (χ1) is 12.1. The van der Waals surface area contributed by atoms with Crippen molar-refractivity contribution in [3.05, 3.63) is 47.0 Å². The molecule has 7 heteroatoms. The first-order valence-corrected chi connectivity index (χ1v) is 8.85. The predicted octanol–water partition coefficient (Wildman–Crippen LogP) is 2.52. The van der Waals surface area contributed by atoms with Crippen molar-refractivity contribution in [1.82, 2.24) is 19.4 Å². The van der Waals surface area contributed by atoms with E-state index in [1.165, 1.54) is 0 Å². The van der Waals surface area contributed by atoms with Crippen molar-refractivity contribution in [2.45, 2.75) is 20.0 Å². The van der Waals surface area contributed by atoms with Crippen LogP contribution in [0, 0.1) is 0 Å². The van der Waals surface area contributed by atoms with Gasteiger partial charge in [0.25, 0.3) is 5.91 Å². The summed E-state index contributed by atoms with van der Waals surface area (Å²) < 4.78 is 7.30. The second-order valence-corrected chi connectivity index (χ2v) is 6.50. The molecule has 1 fully saturated rings. The van der Waals surface area contributed by atoms with E-state index >= 15 is 0 Å². The zero-order valence-corrected chi connectivity index (χ0v) is 15.4. The third kappa shape index (κ3) is 3.96. The van der Waals surface area contributed by atoms with Crippen molar-refractivity contribution in [3.8, 4) is 5.75 Å². The van der Waals surface area contributed by atoms with E-state index in [2.05, 4.69) is 9.88 Å². The summed E-state index contributed by atoms with van der Waals surface area (Å²) >= 11 is 6.11. The number of methoxy groups -OCH3 is 1. The Hall–Kier alpha value is -2.05. The zero-order valence-electron chi connectivity index (χ0n) is 14.6. The molecule has 1 saturated heterocycles. The largest absolute Gasteiger partial charge is 0.496 e. The number of benzene rings is 1. The van der Waals surface area contributed by atoms with Crippen LogP contribution in [0.1, 0.15) is 23.1 Å². The van der Waals surface area contributed by atoms with Gasteiger partial charge in [-0.1, -0.05) is 11.6 Å². The normalized spacial score (nSPS) is 15.4. The first-order valence-electron chi connectivity index (χ1n) is 8.47. The highest BCUT2D eigenvalue weighted by molar-refractivity contribution is 6.30. The number of amides is 1. The Morgan fingerprint density at radius 3 is 2.72 bits per heavy atom. The SMILES string of the molecule is CCn1ccnc1C(=O)N1CCN(Cc2cc(Cl)ccc2OC)CC1. The average Bonchev–Trinajstić information content (AvgIpc) is 3.11. The van der Waals surface area contributed by atoms with Gasteiger partial charge in [-0.05, 0) is 25.1 Å². The Bertz CT molecular complexity index is 738. The van der Waals surface area contributed by atoms with Gasteiger partial charge in [0, 0.05) is 62.2 Å². The third-order valence-corrected chi connectivity index (χ3v) is 4.78. The molecule has 0 N–H and O–H groups in total. The van der Waals surface area contributed by atoms with Gasteiger partial charge in [-0.15, -0.1) is 0 Å². The Morgan fingerprint density at radius 2 is 2.04 bits per heavy atom. The van der Waals surface area contributed by atoms with Crippen LogP contribution in [0.3, 0.4) is 0 Å². The molecule has 1 aromatic carbocycles. The van der Waals surface area contributed by atoms with Crippen LogP contribution in [0.5, 0.6) is 5.75 Å². The summed E-state index contributed by atoms with van der Waals surface area (Å²) in [6.45, 7) is 6.53. The fourth-order valence-electron chi connectivity index (χ4n) is 3.12. The van der Waals surface area contributed by atoms with Crippen LogP contribution < -0.4 is 4.74 Å². The fraction of sp³-hybridized carbons (Fsp3) is 0.444. The van der Waals surface area contributed by atoms with Gasteiger partial charge in [0.2, 0.25) is 0 Å². The van der Waals surface area contributed by atoms with Gasteiger partial charge < -0.3 is 14.2 Å². The number of nitrogens with zero attached hydrogens (tertiary/aromatic N) is 4. The number of imidazole rings is 1. The molecule has 134 valence electrons. The van der Waals surface area contributed by atoms with Gasteiger partial charge in [-0.25, -0.2) is 4.98 Å². The number of aromatic nitrogens is 2. The molecule has 1 aliphatic rings. The van der Waals surface area contributed by atoms with Crippen molar-refractivity contribution < 1.29 is 9.53 Å². The molecule has 0 unspecified atom stereocenters. The lowest BCUT2D eigenvalue weighted by molar-refractivity contribution is 0.0611. The van der Waals surface area contributed by atoms with Crippen molar-refractivity contribution in [3.63, 3.8) is 0 Å². The zero-order chi connectivity index (χ0) is 17.8. The topological polar surface area (TPSA) is 50.6 Å². The fourth-order valence-corrected chi connectivity index (χ4v) is 3.32. The van der Waals surface area contributed by atoms with Crippen LogP contribution in [0.2, 0.25) is 5.02 Å². The minimum absolute atomic E-state index is 0.00633. The van der Waals surface area contributed by atoms with E-state index in [1.54, 1.807) is 13.3 Å². The molecule has 2 heterocycles. The minimum atomic E-state index is 0.00633. The number of hydrogen-bond acceptors (Lipinski definition) is 4. The Balaban J connectivity index is 1.61.